The Hall–Kier alpha value is -1.04. The number of benzene rings is 1. The summed E-state index contributed by atoms with van der Waals surface area (Å²) in [5.74, 6) is 0. The third-order valence-electron chi connectivity index (χ3n) is 2.63. The van der Waals surface area contributed by atoms with Crippen molar-refractivity contribution in [1.29, 1.82) is 5.26 Å². The molecule has 72 valence electrons. The van der Waals surface area contributed by atoms with E-state index in [0.29, 0.717) is 18.2 Å². The maximum absolute atomic E-state index is 9.21. The Balaban J connectivity index is 2.47. The van der Waals surface area contributed by atoms with Gasteiger partial charge in [-0.25, -0.2) is 0 Å². The Labute approximate surface area is 88.1 Å². The zero-order valence-electron chi connectivity index (χ0n) is 7.66. The lowest BCUT2D eigenvalue weighted by molar-refractivity contribution is 0.186. The number of rotatable bonds is 1. The second-order valence-electron chi connectivity index (χ2n) is 3.48. The standard InChI is InChI=1S/C11H10ClNO/c12-10-4-2-1-3-9(10)11(7-13)5-6-14-8-11/h1-4H,5-6,8H2. The van der Waals surface area contributed by atoms with E-state index < -0.39 is 5.41 Å². The molecule has 0 bridgehead atoms. The fraction of sp³-hybridized carbons (Fsp3) is 0.364. The van der Waals surface area contributed by atoms with E-state index in [1.807, 2.05) is 24.3 Å². The number of halogens is 1. The van der Waals surface area contributed by atoms with Crippen molar-refractivity contribution in [1.82, 2.24) is 0 Å². The van der Waals surface area contributed by atoms with Crippen molar-refractivity contribution in [2.75, 3.05) is 13.2 Å². The summed E-state index contributed by atoms with van der Waals surface area (Å²) in [4.78, 5) is 0. The van der Waals surface area contributed by atoms with E-state index in [-0.39, 0.29) is 0 Å². The van der Waals surface area contributed by atoms with Gasteiger partial charge in [-0.1, -0.05) is 29.8 Å². The number of ether oxygens (including phenoxy) is 1. The largest absolute Gasteiger partial charge is 0.379 e. The van der Waals surface area contributed by atoms with E-state index in [1.54, 1.807) is 0 Å². The van der Waals surface area contributed by atoms with Gasteiger partial charge in [0.2, 0.25) is 0 Å². The monoisotopic (exact) mass is 207 g/mol. The third kappa shape index (κ3) is 1.39. The maximum Gasteiger partial charge on any atom is 0.109 e. The molecular formula is C11H10ClNO. The quantitative estimate of drug-likeness (QED) is 0.709. The van der Waals surface area contributed by atoms with E-state index in [1.165, 1.54) is 0 Å². The highest BCUT2D eigenvalue weighted by atomic mass is 35.5. The first-order valence-corrected chi connectivity index (χ1v) is 4.90. The minimum atomic E-state index is -0.529. The Morgan fingerprint density at radius 2 is 2.21 bits per heavy atom. The van der Waals surface area contributed by atoms with E-state index in [0.717, 1.165) is 12.0 Å². The summed E-state index contributed by atoms with van der Waals surface area (Å²) in [5.41, 5.74) is 0.361. The van der Waals surface area contributed by atoms with Gasteiger partial charge in [0.25, 0.3) is 0 Å². The molecule has 1 aliphatic rings. The Bertz CT molecular complexity index is 377. The Morgan fingerprint density at radius 1 is 1.43 bits per heavy atom. The van der Waals surface area contributed by atoms with Crippen LogP contribution in [0.25, 0.3) is 0 Å². The summed E-state index contributed by atoms with van der Waals surface area (Å²) in [7, 11) is 0. The van der Waals surface area contributed by atoms with Crippen LogP contribution in [0.2, 0.25) is 5.02 Å². The molecule has 14 heavy (non-hydrogen) atoms. The lowest BCUT2D eigenvalue weighted by atomic mass is 9.81. The summed E-state index contributed by atoms with van der Waals surface area (Å²) >= 11 is 6.07. The molecule has 0 spiro atoms. The zero-order valence-corrected chi connectivity index (χ0v) is 8.42. The first kappa shape index (κ1) is 9.51. The topological polar surface area (TPSA) is 33.0 Å². The lowest BCUT2D eigenvalue weighted by Crippen LogP contribution is -2.24. The molecular weight excluding hydrogens is 198 g/mol. The fourth-order valence-electron chi connectivity index (χ4n) is 1.78. The van der Waals surface area contributed by atoms with Crippen LogP contribution < -0.4 is 0 Å². The minimum absolute atomic E-state index is 0.452. The highest BCUT2D eigenvalue weighted by molar-refractivity contribution is 6.31. The molecule has 0 N–H and O–H groups in total. The number of nitriles is 1. The van der Waals surface area contributed by atoms with Gasteiger partial charge >= 0.3 is 0 Å². The zero-order chi connectivity index (χ0) is 10.0. The molecule has 1 unspecified atom stereocenters. The van der Waals surface area contributed by atoms with E-state index >= 15 is 0 Å². The number of hydrogen-bond donors (Lipinski definition) is 0. The third-order valence-corrected chi connectivity index (χ3v) is 2.95. The van der Waals surface area contributed by atoms with Gasteiger partial charge in [0.1, 0.15) is 5.41 Å². The van der Waals surface area contributed by atoms with Crippen molar-refractivity contribution in [3.05, 3.63) is 34.9 Å². The highest BCUT2D eigenvalue weighted by Crippen LogP contribution is 2.36. The SMILES string of the molecule is N#CC1(c2ccccc2Cl)CCOC1. The first-order chi connectivity index (χ1) is 6.78. The van der Waals surface area contributed by atoms with E-state index in [4.69, 9.17) is 16.3 Å². The van der Waals surface area contributed by atoms with Crippen LogP contribution in [0.3, 0.4) is 0 Å². The van der Waals surface area contributed by atoms with Crippen LogP contribution in [0.1, 0.15) is 12.0 Å². The molecule has 1 aromatic carbocycles. The summed E-state index contributed by atoms with van der Waals surface area (Å²) in [5, 5.41) is 9.86. The van der Waals surface area contributed by atoms with Gasteiger partial charge in [0.05, 0.1) is 12.7 Å². The highest BCUT2D eigenvalue weighted by Gasteiger charge is 2.38. The lowest BCUT2D eigenvalue weighted by Gasteiger charge is -2.19. The molecule has 0 radical (unpaired) electrons. The van der Waals surface area contributed by atoms with Crippen LogP contribution in [0.4, 0.5) is 0 Å². The van der Waals surface area contributed by atoms with Gasteiger partial charge < -0.3 is 4.74 Å². The van der Waals surface area contributed by atoms with Gasteiger partial charge in [-0.05, 0) is 18.1 Å². The van der Waals surface area contributed by atoms with Crippen molar-refractivity contribution in [3.8, 4) is 6.07 Å². The van der Waals surface area contributed by atoms with E-state index in [9.17, 15) is 5.26 Å². The van der Waals surface area contributed by atoms with Crippen LogP contribution >= 0.6 is 11.6 Å². The van der Waals surface area contributed by atoms with Crippen molar-refractivity contribution in [2.24, 2.45) is 0 Å². The first-order valence-electron chi connectivity index (χ1n) is 4.52. The Kier molecular flexibility index (Phi) is 2.45. The van der Waals surface area contributed by atoms with Crippen molar-refractivity contribution >= 4 is 11.6 Å². The van der Waals surface area contributed by atoms with Gasteiger partial charge in [0, 0.05) is 11.6 Å². The van der Waals surface area contributed by atoms with Gasteiger partial charge in [-0.15, -0.1) is 0 Å². The predicted octanol–water partition coefficient (Wildman–Crippen LogP) is 2.52. The molecule has 3 heteroatoms. The van der Waals surface area contributed by atoms with E-state index in [2.05, 4.69) is 6.07 Å². The second kappa shape index (κ2) is 3.61. The molecule has 2 nitrogen and oxygen atoms in total. The summed E-state index contributed by atoms with van der Waals surface area (Å²) in [6, 6.07) is 9.81. The van der Waals surface area contributed by atoms with Gasteiger partial charge in [-0.3, -0.25) is 0 Å². The average Bonchev–Trinajstić information content (AvgIpc) is 2.68. The second-order valence-corrected chi connectivity index (χ2v) is 3.88. The molecule has 1 atom stereocenters. The van der Waals surface area contributed by atoms with Crippen LogP contribution in [0.15, 0.2) is 24.3 Å². The number of nitrogens with zero attached hydrogens (tertiary/aromatic N) is 1. The Morgan fingerprint density at radius 3 is 2.79 bits per heavy atom. The molecule has 0 amide bonds. The molecule has 1 fully saturated rings. The number of hydrogen-bond acceptors (Lipinski definition) is 2. The van der Waals surface area contributed by atoms with Crippen LogP contribution in [0.5, 0.6) is 0 Å². The molecule has 0 aliphatic carbocycles. The molecule has 1 aromatic rings. The van der Waals surface area contributed by atoms with Gasteiger partial charge in [-0.2, -0.15) is 5.26 Å². The summed E-state index contributed by atoms with van der Waals surface area (Å²) in [6.07, 6.45) is 0.729. The molecule has 1 heterocycles. The summed E-state index contributed by atoms with van der Waals surface area (Å²) < 4.78 is 5.28. The predicted molar refractivity (Wildman–Crippen MR) is 54.2 cm³/mol. The molecule has 0 aromatic heterocycles. The average molecular weight is 208 g/mol. The molecule has 2 rings (SSSR count). The van der Waals surface area contributed by atoms with Crippen LogP contribution in [-0.4, -0.2) is 13.2 Å². The van der Waals surface area contributed by atoms with Crippen LogP contribution in [-0.2, 0) is 10.2 Å². The molecule has 1 aliphatic heterocycles. The molecule has 1 saturated heterocycles. The summed E-state index contributed by atoms with van der Waals surface area (Å²) in [6.45, 7) is 1.09. The van der Waals surface area contributed by atoms with Crippen molar-refractivity contribution in [3.63, 3.8) is 0 Å². The normalized spacial score (nSPS) is 26.0. The minimum Gasteiger partial charge on any atom is -0.379 e. The van der Waals surface area contributed by atoms with Crippen molar-refractivity contribution in [2.45, 2.75) is 11.8 Å². The van der Waals surface area contributed by atoms with Crippen LogP contribution in [0, 0.1) is 11.3 Å². The smallest absolute Gasteiger partial charge is 0.109 e. The maximum atomic E-state index is 9.21. The molecule has 0 saturated carbocycles. The fourth-order valence-corrected chi connectivity index (χ4v) is 2.09. The van der Waals surface area contributed by atoms with Gasteiger partial charge in [0.15, 0.2) is 0 Å². The van der Waals surface area contributed by atoms with Crippen molar-refractivity contribution < 1.29 is 4.74 Å².